The number of hydrogen-bond donors (Lipinski definition) is 3. The van der Waals surface area contributed by atoms with Crippen molar-refractivity contribution in [3.63, 3.8) is 0 Å². The first-order chi connectivity index (χ1) is 10.7. The van der Waals surface area contributed by atoms with Crippen LogP contribution in [-0.4, -0.2) is 30.9 Å². The Kier molecular flexibility index (Phi) is 4.73. The summed E-state index contributed by atoms with van der Waals surface area (Å²) in [5, 5.41) is 9.16. The van der Waals surface area contributed by atoms with E-state index >= 15 is 0 Å². The van der Waals surface area contributed by atoms with Crippen LogP contribution in [0.25, 0.3) is 0 Å². The summed E-state index contributed by atoms with van der Waals surface area (Å²) in [6.07, 6.45) is 4.65. The number of carbonyl (C=O) groups is 2. The lowest BCUT2D eigenvalue weighted by molar-refractivity contribution is -0.116. The van der Waals surface area contributed by atoms with Crippen molar-refractivity contribution in [1.82, 2.24) is 10.6 Å². The molecule has 3 N–H and O–H groups in total. The highest BCUT2D eigenvalue weighted by Gasteiger charge is 2.25. The van der Waals surface area contributed by atoms with Crippen molar-refractivity contribution in [3.05, 3.63) is 29.8 Å². The summed E-state index contributed by atoms with van der Waals surface area (Å²) < 4.78 is 0. The van der Waals surface area contributed by atoms with Crippen molar-refractivity contribution < 1.29 is 9.59 Å². The molecule has 1 aliphatic carbocycles. The highest BCUT2D eigenvalue weighted by molar-refractivity contribution is 6.03. The van der Waals surface area contributed by atoms with Crippen LogP contribution in [0.3, 0.4) is 0 Å². The van der Waals surface area contributed by atoms with Crippen LogP contribution in [0.2, 0.25) is 0 Å². The Balaban J connectivity index is 1.56. The van der Waals surface area contributed by atoms with Crippen LogP contribution in [0.5, 0.6) is 0 Å². The predicted molar refractivity (Wildman–Crippen MR) is 85.8 cm³/mol. The molecule has 1 heterocycles. The molecule has 118 valence electrons. The van der Waals surface area contributed by atoms with E-state index in [-0.39, 0.29) is 11.8 Å². The van der Waals surface area contributed by atoms with E-state index in [0.717, 1.165) is 38.8 Å². The average Bonchev–Trinajstić information content (AvgIpc) is 3.17. The number of carbonyl (C=O) groups excluding carboxylic acids is 2. The summed E-state index contributed by atoms with van der Waals surface area (Å²) in [7, 11) is 0. The SMILES string of the molecule is O=C(CCC1CCNC1)Nc1ccccc1C(=O)NC1CC1. The zero-order valence-electron chi connectivity index (χ0n) is 12.7. The van der Waals surface area contributed by atoms with E-state index in [4.69, 9.17) is 0 Å². The number of amides is 2. The standard InChI is InChI=1S/C17H23N3O2/c21-16(8-5-12-9-10-18-11-12)20-15-4-2-1-3-14(15)17(22)19-13-6-7-13/h1-4,12-13,18H,5-11H2,(H,19,22)(H,20,21). The third kappa shape index (κ3) is 4.07. The summed E-state index contributed by atoms with van der Waals surface area (Å²) in [6, 6.07) is 7.52. The number of rotatable bonds is 6. The molecular formula is C17H23N3O2. The molecule has 1 aromatic carbocycles. The van der Waals surface area contributed by atoms with E-state index in [9.17, 15) is 9.59 Å². The van der Waals surface area contributed by atoms with E-state index in [1.54, 1.807) is 12.1 Å². The van der Waals surface area contributed by atoms with Crippen LogP contribution in [0.15, 0.2) is 24.3 Å². The highest BCUT2D eigenvalue weighted by Crippen LogP contribution is 2.22. The van der Waals surface area contributed by atoms with Crippen LogP contribution < -0.4 is 16.0 Å². The number of para-hydroxylation sites is 1. The van der Waals surface area contributed by atoms with E-state index in [1.807, 2.05) is 12.1 Å². The van der Waals surface area contributed by atoms with Crippen molar-refractivity contribution >= 4 is 17.5 Å². The van der Waals surface area contributed by atoms with Crippen molar-refractivity contribution in [2.45, 2.75) is 38.1 Å². The molecule has 0 spiro atoms. The monoisotopic (exact) mass is 301 g/mol. The molecule has 0 aromatic heterocycles. The predicted octanol–water partition coefficient (Wildman–Crippen LogP) is 1.91. The zero-order chi connectivity index (χ0) is 15.4. The van der Waals surface area contributed by atoms with Crippen molar-refractivity contribution in [3.8, 4) is 0 Å². The van der Waals surface area contributed by atoms with E-state index in [0.29, 0.717) is 29.6 Å². The second-order valence-corrected chi connectivity index (χ2v) is 6.24. The van der Waals surface area contributed by atoms with Crippen LogP contribution in [-0.2, 0) is 4.79 Å². The lowest BCUT2D eigenvalue weighted by atomic mass is 10.0. The van der Waals surface area contributed by atoms with Gasteiger partial charge < -0.3 is 16.0 Å². The fourth-order valence-electron chi connectivity index (χ4n) is 2.79. The van der Waals surface area contributed by atoms with Gasteiger partial charge in [0.15, 0.2) is 0 Å². The summed E-state index contributed by atoms with van der Waals surface area (Å²) >= 11 is 0. The molecule has 5 heteroatoms. The second-order valence-electron chi connectivity index (χ2n) is 6.24. The lowest BCUT2D eigenvalue weighted by Gasteiger charge is -2.12. The normalized spacial score (nSPS) is 20.6. The molecule has 1 aromatic rings. The van der Waals surface area contributed by atoms with Crippen LogP contribution in [0.4, 0.5) is 5.69 Å². The van der Waals surface area contributed by atoms with Gasteiger partial charge in [-0.1, -0.05) is 12.1 Å². The summed E-state index contributed by atoms with van der Waals surface area (Å²) in [4.78, 5) is 24.3. The Hall–Kier alpha value is -1.88. The average molecular weight is 301 g/mol. The van der Waals surface area contributed by atoms with Gasteiger partial charge in [-0.3, -0.25) is 9.59 Å². The highest BCUT2D eigenvalue weighted by atomic mass is 16.2. The molecule has 2 amide bonds. The number of benzene rings is 1. The quantitative estimate of drug-likeness (QED) is 0.751. The largest absolute Gasteiger partial charge is 0.349 e. The Morgan fingerprint density at radius 3 is 2.73 bits per heavy atom. The van der Waals surface area contributed by atoms with Crippen molar-refractivity contribution in [2.24, 2.45) is 5.92 Å². The molecule has 1 aliphatic heterocycles. The molecule has 0 radical (unpaired) electrons. The van der Waals surface area contributed by atoms with Gasteiger partial charge in [0.1, 0.15) is 0 Å². The smallest absolute Gasteiger partial charge is 0.253 e. The van der Waals surface area contributed by atoms with Crippen molar-refractivity contribution in [2.75, 3.05) is 18.4 Å². The molecule has 1 saturated heterocycles. The Labute approximate surface area is 130 Å². The maximum absolute atomic E-state index is 12.2. The molecule has 1 saturated carbocycles. The van der Waals surface area contributed by atoms with Gasteiger partial charge in [0.05, 0.1) is 11.3 Å². The summed E-state index contributed by atoms with van der Waals surface area (Å²) in [5.41, 5.74) is 1.15. The van der Waals surface area contributed by atoms with Gasteiger partial charge in [-0.15, -0.1) is 0 Å². The fourth-order valence-corrected chi connectivity index (χ4v) is 2.79. The van der Waals surface area contributed by atoms with Crippen LogP contribution in [0, 0.1) is 5.92 Å². The fraction of sp³-hybridized carbons (Fsp3) is 0.529. The maximum Gasteiger partial charge on any atom is 0.253 e. The molecule has 5 nitrogen and oxygen atoms in total. The van der Waals surface area contributed by atoms with Gasteiger partial charge >= 0.3 is 0 Å². The molecule has 0 bridgehead atoms. The molecule has 1 atom stereocenters. The van der Waals surface area contributed by atoms with Gasteiger partial charge in [0, 0.05) is 12.5 Å². The Morgan fingerprint density at radius 1 is 1.18 bits per heavy atom. The van der Waals surface area contributed by atoms with Gasteiger partial charge in [-0.2, -0.15) is 0 Å². The second kappa shape index (κ2) is 6.92. The third-order valence-electron chi connectivity index (χ3n) is 4.30. The van der Waals surface area contributed by atoms with Gasteiger partial charge in [0.25, 0.3) is 5.91 Å². The Bertz CT molecular complexity index is 549. The van der Waals surface area contributed by atoms with Crippen LogP contribution >= 0.6 is 0 Å². The van der Waals surface area contributed by atoms with E-state index in [2.05, 4.69) is 16.0 Å². The summed E-state index contributed by atoms with van der Waals surface area (Å²) in [6.45, 7) is 2.06. The third-order valence-corrected chi connectivity index (χ3v) is 4.30. The first kappa shape index (κ1) is 15.0. The van der Waals surface area contributed by atoms with Gasteiger partial charge in [-0.25, -0.2) is 0 Å². The van der Waals surface area contributed by atoms with Crippen LogP contribution in [0.1, 0.15) is 42.5 Å². The van der Waals surface area contributed by atoms with E-state index in [1.165, 1.54) is 0 Å². The molecule has 2 aliphatic rings. The zero-order valence-corrected chi connectivity index (χ0v) is 12.7. The molecule has 22 heavy (non-hydrogen) atoms. The number of nitrogens with one attached hydrogen (secondary N) is 3. The van der Waals surface area contributed by atoms with Crippen molar-refractivity contribution in [1.29, 1.82) is 0 Å². The molecule has 2 fully saturated rings. The topological polar surface area (TPSA) is 70.2 Å². The molecular weight excluding hydrogens is 278 g/mol. The lowest BCUT2D eigenvalue weighted by Crippen LogP contribution is -2.27. The van der Waals surface area contributed by atoms with Gasteiger partial charge in [0.2, 0.25) is 5.91 Å². The maximum atomic E-state index is 12.2. The minimum Gasteiger partial charge on any atom is -0.349 e. The van der Waals surface area contributed by atoms with E-state index < -0.39 is 0 Å². The molecule has 1 unspecified atom stereocenters. The first-order valence-corrected chi connectivity index (χ1v) is 8.13. The first-order valence-electron chi connectivity index (χ1n) is 8.13. The minimum atomic E-state index is -0.0987. The Morgan fingerprint density at radius 2 is 2.00 bits per heavy atom. The molecule has 3 rings (SSSR count). The minimum absolute atomic E-state index is 0.0152. The summed E-state index contributed by atoms with van der Waals surface area (Å²) in [5.74, 6) is 0.483. The van der Waals surface area contributed by atoms with Gasteiger partial charge in [-0.05, 0) is 56.8 Å². The number of hydrogen-bond acceptors (Lipinski definition) is 3. The number of anilines is 1.